The maximum atomic E-state index is 11.6. The molecule has 1 saturated carbocycles. The summed E-state index contributed by atoms with van der Waals surface area (Å²) in [6, 6.07) is 7.83. The van der Waals surface area contributed by atoms with Gasteiger partial charge in [-0.2, -0.15) is 0 Å². The second-order valence-electron chi connectivity index (χ2n) is 3.58. The Hall–Kier alpha value is -1.02. The molecule has 0 heterocycles. The van der Waals surface area contributed by atoms with Gasteiger partial charge in [-0.25, -0.2) is 0 Å². The number of carbonyl (C=O) groups excluding carboxylic acids is 1. The van der Waals surface area contributed by atoms with Crippen LogP contribution < -0.4 is 5.32 Å². The van der Waals surface area contributed by atoms with E-state index in [0.29, 0.717) is 17.5 Å². The number of alkyl halides is 1. The van der Waals surface area contributed by atoms with Gasteiger partial charge in [0.15, 0.2) is 0 Å². The van der Waals surface area contributed by atoms with Gasteiger partial charge in [-0.05, 0) is 30.5 Å². The third kappa shape index (κ3) is 2.26. The van der Waals surface area contributed by atoms with Gasteiger partial charge in [0.25, 0.3) is 5.91 Å². The van der Waals surface area contributed by atoms with Crippen LogP contribution in [0.5, 0.6) is 0 Å². The van der Waals surface area contributed by atoms with E-state index in [4.69, 9.17) is 11.6 Å². The van der Waals surface area contributed by atoms with Crippen LogP contribution in [0.1, 0.15) is 28.8 Å². The van der Waals surface area contributed by atoms with Crippen LogP contribution in [0.3, 0.4) is 0 Å². The molecule has 0 aliphatic heterocycles. The van der Waals surface area contributed by atoms with Gasteiger partial charge in [0.2, 0.25) is 0 Å². The zero-order valence-electron chi connectivity index (χ0n) is 7.79. The highest BCUT2D eigenvalue weighted by Gasteiger charge is 2.23. The Morgan fingerprint density at radius 3 is 2.93 bits per heavy atom. The lowest BCUT2D eigenvalue weighted by molar-refractivity contribution is 0.0951. The molecule has 1 amide bonds. The molecule has 1 aromatic rings. The molecule has 1 aliphatic rings. The number of carbonyl (C=O) groups is 1. The molecular formula is C11H12ClNO. The number of amides is 1. The summed E-state index contributed by atoms with van der Waals surface area (Å²) in [5, 5.41) is 2.94. The molecule has 14 heavy (non-hydrogen) atoms. The Morgan fingerprint density at radius 1 is 1.50 bits per heavy atom. The first-order chi connectivity index (χ1) is 6.79. The van der Waals surface area contributed by atoms with E-state index in [1.54, 1.807) is 0 Å². The fourth-order valence-corrected chi connectivity index (χ4v) is 1.46. The van der Waals surface area contributed by atoms with Gasteiger partial charge in [-0.15, -0.1) is 11.6 Å². The van der Waals surface area contributed by atoms with Crippen molar-refractivity contribution in [1.82, 2.24) is 5.32 Å². The van der Waals surface area contributed by atoms with Crippen molar-refractivity contribution in [3.8, 4) is 0 Å². The van der Waals surface area contributed by atoms with Gasteiger partial charge >= 0.3 is 0 Å². The molecule has 74 valence electrons. The molecule has 2 rings (SSSR count). The van der Waals surface area contributed by atoms with Crippen LogP contribution in [-0.2, 0) is 5.88 Å². The Labute approximate surface area is 88.3 Å². The molecule has 0 saturated heterocycles. The van der Waals surface area contributed by atoms with Gasteiger partial charge in [0.1, 0.15) is 0 Å². The van der Waals surface area contributed by atoms with Gasteiger partial charge < -0.3 is 5.32 Å². The van der Waals surface area contributed by atoms with Gasteiger partial charge in [-0.3, -0.25) is 4.79 Å². The zero-order valence-corrected chi connectivity index (χ0v) is 8.55. The fourth-order valence-electron chi connectivity index (χ4n) is 1.29. The molecule has 1 aliphatic carbocycles. The smallest absolute Gasteiger partial charge is 0.251 e. The van der Waals surface area contributed by atoms with Gasteiger partial charge in [-0.1, -0.05) is 12.1 Å². The van der Waals surface area contributed by atoms with E-state index in [0.717, 1.165) is 18.4 Å². The average molecular weight is 210 g/mol. The molecule has 3 heteroatoms. The Morgan fingerprint density at radius 2 is 2.29 bits per heavy atom. The third-order valence-electron chi connectivity index (χ3n) is 2.26. The van der Waals surface area contributed by atoms with Crippen molar-refractivity contribution in [2.45, 2.75) is 24.8 Å². The first kappa shape index (κ1) is 9.53. The minimum absolute atomic E-state index is 0.0134. The largest absolute Gasteiger partial charge is 0.349 e. The summed E-state index contributed by atoms with van der Waals surface area (Å²) in [5.74, 6) is 0.462. The molecule has 2 nitrogen and oxygen atoms in total. The van der Waals surface area contributed by atoms with E-state index in [1.807, 2.05) is 24.3 Å². The molecule has 0 radical (unpaired) electrons. The molecule has 0 unspecified atom stereocenters. The summed E-state index contributed by atoms with van der Waals surface area (Å²) in [4.78, 5) is 11.6. The van der Waals surface area contributed by atoms with Crippen molar-refractivity contribution in [3.05, 3.63) is 35.4 Å². The molecule has 0 atom stereocenters. The predicted molar refractivity (Wildman–Crippen MR) is 56.5 cm³/mol. The van der Waals surface area contributed by atoms with E-state index >= 15 is 0 Å². The van der Waals surface area contributed by atoms with E-state index in [-0.39, 0.29) is 5.91 Å². The molecule has 0 spiro atoms. The molecule has 0 aromatic heterocycles. The summed E-state index contributed by atoms with van der Waals surface area (Å²) >= 11 is 5.69. The number of benzene rings is 1. The van der Waals surface area contributed by atoms with E-state index in [1.165, 1.54) is 0 Å². The Bertz CT molecular complexity index is 347. The van der Waals surface area contributed by atoms with Crippen LogP contribution in [0.15, 0.2) is 24.3 Å². The highest BCUT2D eigenvalue weighted by atomic mass is 35.5. The van der Waals surface area contributed by atoms with Crippen LogP contribution >= 0.6 is 11.6 Å². The summed E-state index contributed by atoms with van der Waals surface area (Å²) in [6.45, 7) is 0. The topological polar surface area (TPSA) is 29.1 Å². The third-order valence-corrected chi connectivity index (χ3v) is 2.56. The number of nitrogens with one attached hydrogen (secondary N) is 1. The second kappa shape index (κ2) is 4.01. The Balaban J connectivity index is 2.09. The minimum Gasteiger partial charge on any atom is -0.349 e. The fraction of sp³-hybridized carbons (Fsp3) is 0.364. The van der Waals surface area contributed by atoms with Crippen molar-refractivity contribution in [2.75, 3.05) is 0 Å². The molecule has 1 fully saturated rings. The van der Waals surface area contributed by atoms with E-state index in [9.17, 15) is 4.79 Å². The predicted octanol–water partition coefficient (Wildman–Crippen LogP) is 2.32. The number of hydrogen-bond acceptors (Lipinski definition) is 1. The van der Waals surface area contributed by atoms with Gasteiger partial charge in [0, 0.05) is 17.5 Å². The van der Waals surface area contributed by atoms with Crippen molar-refractivity contribution in [1.29, 1.82) is 0 Å². The van der Waals surface area contributed by atoms with Crippen LogP contribution in [0.4, 0.5) is 0 Å². The second-order valence-corrected chi connectivity index (χ2v) is 3.85. The standard InChI is InChI=1S/C11H12ClNO/c12-7-8-2-1-3-9(6-8)11(14)13-10-4-5-10/h1-3,6,10H,4-5,7H2,(H,13,14). The first-order valence-electron chi connectivity index (χ1n) is 4.75. The quantitative estimate of drug-likeness (QED) is 0.761. The SMILES string of the molecule is O=C(NC1CC1)c1cccc(CCl)c1. The summed E-state index contributed by atoms with van der Waals surface area (Å²) in [7, 11) is 0. The van der Waals surface area contributed by atoms with Crippen LogP contribution in [0, 0.1) is 0 Å². The highest BCUT2D eigenvalue weighted by molar-refractivity contribution is 6.17. The van der Waals surface area contributed by atoms with Crippen LogP contribution in [0.2, 0.25) is 0 Å². The normalized spacial score (nSPS) is 15.2. The lowest BCUT2D eigenvalue weighted by atomic mass is 10.1. The summed E-state index contributed by atoms with van der Waals surface area (Å²) in [6.07, 6.45) is 2.22. The van der Waals surface area contributed by atoms with Crippen LogP contribution in [0.25, 0.3) is 0 Å². The van der Waals surface area contributed by atoms with Crippen molar-refractivity contribution in [2.24, 2.45) is 0 Å². The number of halogens is 1. The van der Waals surface area contributed by atoms with E-state index < -0.39 is 0 Å². The minimum atomic E-state index is 0.0134. The van der Waals surface area contributed by atoms with Crippen molar-refractivity contribution < 1.29 is 4.79 Å². The lowest BCUT2D eigenvalue weighted by Crippen LogP contribution is -2.25. The lowest BCUT2D eigenvalue weighted by Gasteiger charge is -2.03. The molecule has 0 bridgehead atoms. The van der Waals surface area contributed by atoms with Crippen LogP contribution in [-0.4, -0.2) is 11.9 Å². The average Bonchev–Trinajstić information content (AvgIpc) is 3.02. The number of rotatable bonds is 3. The first-order valence-corrected chi connectivity index (χ1v) is 5.29. The van der Waals surface area contributed by atoms with Crippen molar-refractivity contribution in [3.63, 3.8) is 0 Å². The Kier molecular flexibility index (Phi) is 2.73. The highest BCUT2D eigenvalue weighted by Crippen LogP contribution is 2.19. The van der Waals surface area contributed by atoms with Crippen molar-refractivity contribution >= 4 is 17.5 Å². The number of hydrogen-bond donors (Lipinski definition) is 1. The molecule has 1 aromatic carbocycles. The van der Waals surface area contributed by atoms with Gasteiger partial charge in [0.05, 0.1) is 0 Å². The maximum Gasteiger partial charge on any atom is 0.251 e. The zero-order chi connectivity index (χ0) is 9.97. The summed E-state index contributed by atoms with van der Waals surface area (Å²) < 4.78 is 0. The maximum absolute atomic E-state index is 11.6. The molecule has 1 N–H and O–H groups in total. The monoisotopic (exact) mass is 209 g/mol. The summed E-state index contributed by atoms with van der Waals surface area (Å²) in [5.41, 5.74) is 1.69. The molecular weight excluding hydrogens is 198 g/mol. The van der Waals surface area contributed by atoms with E-state index in [2.05, 4.69) is 5.32 Å².